The molecule has 0 aliphatic heterocycles. The Kier molecular flexibility index (Phi) is 3.80. The summed E-state index contributed by atoms with van der Waals surface area (Å²) in [5.74, 6) is 1.14. The number of methoxy groups -OCH3 is 1. The van der Waals surface area contributed by atoms with Crippen molar-refractivity contribution in [2.45, 2.75) is 39.2 Å². The third kappa shape index (κ3) is 3.04. The zero-order valence-corrected chi connectivity index (χ0v) is 13.9. The number of benzene rings is 1. The number of nitrogens with one attached hydrogen (secondary N) is 1. The molecule has 2 aromatic rings. The maximum Gasteiger partial charge on any atom is 0.255 e. The molecule has 1 fully saturated rings. The lowest BCUT2D eigenvalue weighted by atomic mass is 10.1. The summed E-state index contributed by atoms with van der Waals surface area (Å²) in [5.41, 5.74) is 2.98. The van der Waals surface area contributed by atoms with Gasteiger partial charge in [0.05, 0.1) is 12.7 Å². The monoisotopic (exact) mass is 311 g/mol. The largest absolute Gasteiger partial charge is 0.496 e. The number of amides is 1. The molecule has 1 amide bonds. The molecule has 0 bridgehead atoms. The first-order valence-corrected chi connectivity index (χ1v) is 7.73. The van der Waals surface area contributed by atoms with Gasteiger partial charge < -0.3 is 10.1 Å². The third-order valence-corrected chi connectivity index (χ3v) is 4.11. The van der Waals surface area contributed by atoms with E-state index in [9.17, 15) is 4.79 Å². The van der Waals surface area contributed by atoms with Gasteiger partial charge in [-0.05, 0) is 57.4 Å². The van der Waals surface area contributed by atoms with Crippen LogP contribution in [-0.4, -0.2) is 23.0 Å². The number of rotatable bonds is 4. The van der Waals surface area contributed by atoms with Gasteiger partial charge in [-0.15, -0.1) is 0 Å². The van der Waals surface area contributed by atoms with Gasteiger partial charge in [-0.3, -0.25) is 4.79 Å². The first-order valence-electron chi connectivity index (χ1n) is 7.73. The summed E-state index contributed by atoms with van der Waals surface area (Å²) in [4.78, 5) is 21.7. The van der Waals surface area contributed by atoms with Crippen molar-refractivity contribution in [3.8, 4) is 5.75 Å². The maximum absolute atomic E-state index is 12.7. The van der Waals surface area contributed by atoms with E-state index in [1.54, 1.807) is 13.2 Å². The van der Waals surface area contributed by atoms with E-state index in [1.165, 1.54) is 0 Å². The van der Waals surface area contributed by atoms with Crippen molar-refractivity contribution in [3.05, 3.63) is 52.6 Å². The van der Waals surface area contributed by atoms with E-state index < -0.39 is 5.54 Å². The van der Waals surface area contributed by atoms with Crippen molar-refractivity contribution >= 4 is 5.91 Å². The summed E-state index contributed by atoms with van der Waals surface area (Å²) >= 11 is 0. The molecule has 0 radical (unpaired) electrons. The first kappa shape index (κ1) is 15.5. The van der Waals surface area contributed by atoms with E-state index in [4.69, 9.17) is 4.74 Å². The van der Waals surface area contributed by atoms with Crippen LogP contribution in [0, 0.1) is 20.8 Å². The van der Waals surface area contributed by atoms with E-state index in [2.05, 4.69) is 15.3 Å². The van der Waals surface area contributed by atoms with Crippen LogP contribution in [0.1, 0.15) is 46.0 Å². The average Bonchev–Trinajstić information content (AvgIpc) is 3.26. The van der Waals surface area contributed by atoms with Crippen molar-refractivity contribution in [2.24, 2.45) is 0 Å². The fraction of sp³-hybridized carbons (Fsp3) is 0.389. The van der Waals surface area contributed by atoms with Crippen LogP contribution in [0.4, 0.5) is 0 Å². The van der Waals surface area contributed by atoms with E-state index in [0.29, 0.717) is 17.1 Å². The Morgan fingerprint density at radius 1 is 1.13 bits per heavy atom. The van der Waals surface area contributed by atoms with Crippen LogP contribution < -0.4 is 10.1 Å². The molecule has 5 heteroatoms. The van der Waals surface area contributed by atoms with Crippen molar-refractivity contribution < 1.29 is 9.53 Å². The highest BCUT2D eigenvalue weighted by Crippen LogP contribution is 2.44. The van der Waals surface area contributed by atoms with Gasteiger partial charge in [-0.2, -0.15) is 0 Å². The minimum atomic E-state index is -0.441. The van der Waals surface area contributed by atoms with Crippen LogP contribution in [0.2, 0.25) is 0 Å². The Bertz CT molecular complexity index is 747. The summed E-state index contributed by atoms with van der Waals surface area (Å²) < 4.78 is 5.33. The van der Waals surface area contributed by atoms with Gasteiger partial charge in [-0.25, -0.2) is 9.97 Å². The van der Waals surface area contributed by atoms with Crippen molar-refractivity contribution in [3.63, 3.8) is 0 Å². The Morgan fingerprint density at radius 2 is 1.78 bits per heavy atom. The van der Waals surface area contributed by atoms with Crippen molar-refractivity contribution in [1.82, 2.24) is 15.3 Å². The molecule has 23 heavy (non-hydrogen) atoms. The predicted octanol–water partition coefficient (Wildman–Crippen LogP) is 2.83. The Labute approximate surface area is 136 Å². The number of aromatic nitrogens is 2. The molecular weight excluding hydrogens is 290 g/mol. The number of hydrogen-bond acceptors (Lipinski definition) is 4. The summed E-state index contributed by atoms with van der Waals surface area (Å²) in [5, 5.41) is 3.10. The number of ether oxygens (including phenoxy) is 1. The van der Waals surface area contributed by atoms with Gasteiger partial charge in [0.15, 0.2) is 5.82 Å². The molecule has 1 aromatic heterocycles. The van der Waals surface area contributed by atoms with Gasteiger partial charge in [0.2, 0.25) is 0 Å². The lowest BCUT2D eigenvalue weighted by Gasteiger charge is -2.18. The number of carbonyl (C=O) groups is 1. The van der Waals surface area contributed by atoms with Gasteiger partial charge in [0.1, 0.15) is 11.3 Å². The maximum atomic E-state index is 12.7. The van der Waals surface area contributed by atoms with Crippen LogP contribution >= 0.6 is 0 Å². The Morgan fingerprint density at radius 3 is 2.35 bits per heavy atom. The molecule has 1 aliphatic rings. The molecule has 3 rings (SSSR count). The molecule has 1 N–H and O–H groups in total. The topological polar surface area (TPSA) is 64.1 Å². The zero-order valence-electron chi connectivity index (χ0n) is 13.9. The Hall–Kier alpha value is -2.43. The van der Waals surface area contributed by atoms with Crippen LogP contribution in [-0.2, 0) is 5.54 Å². The number of aryl methyl sites for hydroxylation is 3. The molecular formula is C18H21N3O2. The quantitative estimate of drug-likeness (QED) is 0.943. The van der Waals surface area contributed by atoms with Crippen molar-refractivity contribution in [2.75, 3.05) is 7.11 Å². The smallest absolute Gasteiger partial charge is 0.255 e. The minimum absolute atomic E-state index is 0.151. The zero-order chi connectivity index (χ0) is 16.6. The van der Waals surface area contributed by atoms with E-state index in [-0.39, 0.29) is 5.91 Å². The Balaban J connectivity index is 1.88. The summed E-state index contributed by atoms with van der Waals surface area (Å²) in [6.45, 7) is 5.86. The number of hydrogen-bond donors (Lipinski definition) is 1. The van der Waals surface area contributed by atoms with Gasteiger partial charge in [0.25, 0.3) is 5.91 Å². The molecule has 1 heterocycles. The van der Waals surface area contributed by atoms with Crippen LogP contribution in [0.25, 0.3) is 0 Å². The molecule has 1 aliphatic carbocycles. The highest BCUT2D eigenvalue weighted by molar-refractivity contribution is 5.97. The van der Waals surface area contributed by atoms with E-state index in [1.807, 2.05) is 39.0 Å². The minimum Gasteiger partial charge on any atom is -0.496 e. The standard InChI is InChI=1S/C18H21N3O2/c1-11-5-6-14(15(9-11)23-4)16(22)21-18(7-8-18)17-19-12(2)10-13(3)20-17/h5-6,9-10H,7-8H2,1-4H3,(H,21,22). The summed E-state index contributed by atoms with van der Waals surface area (Å²) in [7, 11) is 1.57. The van der Waals surface area contributed by atoms with Crippen LogP contribution in [0.5, 0.6) is 5.75 Å². The second-order valence-electron chi connectivity index (χ2n) is 6.21. The second kappa shape index (κ2) is 5.65. The third-order valence-electron chi connectivity index (χ3n) is 4.11. The molecule has 0 saturated heterocycles. The number of nitrogens with zero attached hydrogens (tertiary/aromatic N) is 2. The van der Waals surface area contributed by atoms with E-state index in [0.717, 1.165) is 29.8 Å². The lowest BCUT2D eigenvalue weighted by Crippen LogP contribution is -2.36. The van der Waals surface area contributed by atoms with Crippen LogP contribution in [0.3, 0.4) is 0 Å². The van der Waals surface area contributed by atoms with Gasteiger partial charge in [-0.1, -0.05) is 6.07 Å². The normalized spacial score (nSPS) is 15.1. The molecule has 1 saturated carbocycles. The SMILES string of the molecule is COc1cc(C)ccc1C(=O)NC1(c2nc(C)cc(C)n2)CC1. The molecule has 120 valence electrons. The van der Waals surface area contributed by atoms with Gasteiger partial charge >= 0.3 is 0 Å². The fourth-order valence-corrected chi connectivity index (χ4v) is 2.74. The van der Waals surface area contributed by atoms with E-state index >= 15 is 0 Å². The number of carbonyl (C=O) groups excluding carboxylic acids is 1. The highest BCUT2D eigenvalue weighted by Gasteiger charge is 2.49. The average molecular weight is 311 g/mol. The highest BCUT2D eigenvalue weighted by atomic mass is 16.5. The molecule has 0 spiro atoms. The molecule has 0 unspecified atom stereocenters. The fourth-order valence-electron chi connectivity index (χ4n) is 2.74. The predicted molar refractivity (Wildman–Crippen MR) is 87.6 cm³/mol. The van der Waals surface area contributed by atoms with Crippen LogP contribution in [0.15, 0.2) is 24.3 Å². The van der Waals surface area contributed by atoms with Crippen molar-refractivity contribution in [1.29, 1.82) is 0 Å². The first-order chi connectivity index (χ1) is 10.9. The summed E-state index contributed by atoms with van der Waals surface area (Å²) in [6.07, 6.45) is 1.71. The van der Waals surface area contributed by atoms with Gasteiger partial charge in [0, 0.05) is 11.4 Å². The lowest BCUT2D eigenvalue weighted by molar-refractivity contribution is 0.0925. The second-order valence-corrected chi connectivity index (χ2v) is 6.21. The molecule has 1 aromatic carbocycles. The molecule has 5 nitrogen and oxygen atoms in total. The molecule has 0 atom stereocenters. The summed E-state index contributed by atoms with van der Waals surface area (Å²) in [6, 6.07) is 7.50.